The number of nitrogens with one attached hydrogen (secondary N) is 1. The molecule has 6 nitrogen and oxygen atoms in total. The smallest absolute Gasteiger partial charge is 0.306 e. The van der Waals surface area contributed by atoms with Crippen LogP contribution in [-0.2, 0) is 14.3 Å². The number of hydrogen-bond acceptors (Lipinski definition) is 5. The molecule has 0 saturated carbocycles. The normalized spacial score (nSPS) is 13.2. The highest BCUT2D eigenvalue weighted by molar-refractivity contribution is 5.77. The van der Waals surface area contributed by atoms with Gasteiger partial charge in [-0.15, -0.1) is 0 Å². The van der Waals surface area contributed by atoms with Crippen LogP contribution in [0.4, 0.5) is 0 Å². The third-order valence-electron chi connectivity index (χ3n) is 12.8. The molecule has 0 aromatic carbocycles. The van der Waals surface area contributed by atoms with Crippen LogP contribution >= 0.6 is 0 Å². The van der Waals surface area contributed by atoms with Crippen LogP contribution in [0.5, 0.6) is 0 Å². The molecule has 0 aromatic heterocycles. The van der Waals surface area contributed by atoms with Gasteiger partial charge in [-0.3, -0.25) is 9.59 Å². The molecular formula is C55H107NO5. The zero-order valence-electron chi connectivity index (χ0n) is 41.3. The SMILES string of the molecule is CCCCCCCCC/C=C/CCCCCCCC(=O)OC(CCCCCCCCCCCCCCCC)CC(=O)NC(CO)C(O)CCCCCCCCCCCCCC. The summed E-state index contributed by atoms with van der Waals surface area (Å²) in [6, 6.07) is -0.696. The minimum Gasteiger partial charge on any atom is -0.462 e. The molecule has 6 heteroatoms. The number of aliphatic hydroxyl groups is 2. The summed E-state index contributed by atoms with van der Waals surface area (Å²) in [4.78, 5) is 26.2. The second kappa shape index (κ2) is 49.6. The van der Waals surface area contributed by atoms with Gasteiger partial charge in [0.25, 0.3) is 0 Å². The molecule has 0 spiro atoms. The van der Waals surface area contributed by atoms with Crippen LogP contribution in [0.3, 0.4) is 0 Å². The van der Waals surface area contributed by atoms with Gasteiger partial charge in [0.05, 0.1) is 25.2 Å². The van der Waals surface area contributed by atoms with Gasteiger partial charge in [0.1, 0.15) is 6.10 Å². The van der Waals surface area contributed by atoms with Crippen molar-refractivity contribution in [2.45, 2.75) is 322 Å². The minimum atomic E-state index is -0.783. The molecule has 0 aromatic rings. The summed E-state index contributed by atoms with van der Waals surface area (Å²) in [5.74, 6) is -0.463. The van der Waals surface area contributed by atoms with Gasteiger partial charge in [0.15, 0.2) is 0 Å². The maximum absolute atomic E-state index is 13.2. The molecule has 0 radical (unpaired) electrons. The average molecular weight is 862 g/mol. The number of ether oxygens (including phenoxy) is 1. The molecule has 3 unspecified atom stereocenters. The summed E-state index contributed by atoms with van der Waals surface area (Å²) in [5.41, 5.74) is 0. The first-order valence-corrected chi connectivity index (χ1v) is 27.4. The predicted octanol–water partition coefficient (Wildman–Crippen LogP) is 16.5. The van der Waals surface area contributed by atoms with E-state index < -0.39 is 18.2 Å². The second-order valence-electron chi connectivity index (χ2n) is 19.0. The molecule has 362 valence electrons. The zero-order chi connectivity index (χ0) is 44.5. The lowest BCUT2D eigenvalue weighted by Gasteiger charge is -2.24. The summed E-state index contributed by atoms with van der Waals surface area (Å²) < 4.78 is 5.95. The quantitative estimate of drug-likeness (QED) is 0.0322. The zero-order valence-corrected chi connectivity index (χ0v) is 41.3. The maximum atomic E-state index is 13.2. The van der Waals surface area contributed by atoms with E-state index in [0.717, 1.165) is 51.4 Å². The van der Waals surface area contributed by atoms with Gasteiger partial charge in [0.2, 0.25) is 5.91 Å². The Hall–Kier alpha value is -1.40. The molecule has 0 heterocycles. The number of rotatable bonds is 50. The van der Waals surface area contributed by atoms with Gasteiger partial charge in [-0.1, -0.05) is 251 Å². The summed E-state index contributed by atoms with van der Waals surface area (Å²) in [6.07, 6.45) is 55.6. The van der Waals surface area contributed by atoms with E-state index in [1.807, 2.05) is 0 Å². The van der Waals surface area contributed by atoms with E-state index in [9.17, 15) is 19.8 Å². The number of carbonyl (C=O) groups is 2. The first-order valence-electron chi connectivity index (χ1n) is 27.4. The fourth-order valence-electron chi connectivity index (χ4n) is 8.66. The van der Waals surface area contributed by atoms with Crippen molar-refractivity contribution >= 4 is 11.9 Å². The first kappa shape index (κ1) is 59.6. The van der Waals surface area contributed by atoms with Gasteiger partial charge in [-0.2, -0.15) is 0 Å². The van der Waals surface area contributed by atoms with E-state index in [0.29, 0.717) is 19.3 Å². The Morgan fingerprint density at radius 1 is 0.459 bits per heavy atom. The Morgan fingerprint density at radius 3 is 1.16 bits per heavy atom. The van der Waals surface area contributed by atoms with Crippen LogP contribution in [0.25, 0.3) is 0 Å². The fourth-order valence-corrected chi connectivity index (χ4v) is 8.66. The molecule has 1 amide bonds. The van der Waals surface area contributed by atoms with Crippen molar-refractivity contribution in [3.63, 3.8) is 0 Å². The number of amides is 1. The average Bonchev–Trinajstić information content (AvgIpc) is 3.25. The van der Waals surface area contributed by atoms with Crippen molar-refractivity contribution in [1.82, 2.24) is 5.32 Å². The van der Waals surface area contributed by atoms with Crippen molar-refractivity contribution in [3.05, 3.63) is 12.2 Å². The molecule has 3 N–H and O–H groups in total. The maximum Gasteiger partial charge on any atom is 0.306 e. The third kappa shape index (κ3) is 45.0. The highest BCUT2D eigenvalue weighted by Crippen LogP contribution is 2.19. The van der Waals surface area contributed by atoms with Gasteiger partial charge in [-0.05, 0) is 51.4 Å². The molecule has 0 aliphatic carbocycles. The van der Waals surface area contributed by atoms with Crippen molar-refractivity contribution < 1.29 is 24.5 Å². The molecule has 0 fully saturated rings. The van der Waals surface area contributed by atoms with Gasteiger partial charge in [0, 0.05) is 6.42 Å². The van der Waals surface area contributed by atoms with Crippen molar-refractivity contribution in [3.8, 4) is 0 Å². The fraction of sp³-hybridized carbons (Fsp3) is 0.927. The van der Waals surface area contributed by atoms with Crippen LogP contribution in [0.1, 0.15) is 303 Å². The van der Waals surface area contributed by atoms with E-state index in [1.165, 1.54) is 205 Å². The van der Waals surface area contributed by atoms with Gasteiger partial charge in [-0.25, -0.2) is 0 Å². The van der Waals surface area contributed by atoms with E-state index in [-0.39, 0.29) is 24.9 Å². The van der Waals surface area contributed by atoms with Crippen molar-refractivity contribution in [1.29, 1.82) is 0 Å². The minimum absolute atomic E-state index is 0.0818. The molecule has 0 aliphatic heterocycles. The Kier molecular flexibility index (Phi) is 48.5. The Balaban J connectivity index is 4.53. The lowest BCUT2D eigenvalue weighted by Crippen LogP contribution is -2.46. The van der Waals surface area contributed by atoms with E-state index in [1.54, 1.807) is 0 Å². The summed E-state index contributed by atoms with van der Waals surface area (Å²) in [5, 5.41) is 23.8. The number of carbonyl (C=O) groups excluding carboxylic acids is 2. The van der Waals surface area contributed by atoms with Crippen LogP contribution in [-0.4, -0.2) is 46.9 Å². The van der Waals surface area contributed by atoms with E-state index >= 15 is 0 Å². The topological polar surface area (TPSA) is 95.9 Å². The highest BCUT2D eigenvalue weighted by atomic mass is 16.5. The largest absolute Gasteiger partial charge is 0.462 e. The van der Waals surface area contributed by atoms with Crippen molar-refractivity contribution in [2.24, 2.45) is 0 Å². The first-order chi connectivity index (χ1) is 30.0. The van der Waals surface area contributed by atoms with Crippen LogP contribution in [0.2, 0.25) is 0 Å². The molecular weight excluding hydrogens is 755 g/mol. The monoisotopic (exact) mass is 862 g/mol. The molecule has 0 aliphatic rings. The van der Waals surface area contributed by atoms with E-state index in [4.69, 9.17) is 4.74 Å². The number of hydrogen-bond donors (Lipinski definition) is 3. The van der Waals surface area contributed by atoms with Crippen LogP contribution < -0.4 is 5.32 Å². The highest BCUT2D eigenvalue weighted by Gasteiger charge is 2.24. The van der Waals surface area contributed by atoms with Crippen LogP contribution in [0.15, 0.2) is 12.2 Å². The summed E-state index contributed by atoms with van der Waals surface area (Å²) in [6.45, 7) is 6.51. The number of unbranched alkanes of at least 4 members (excludes halogenated alkanes) is 36. The lowest BCUT2D eigenvalue weighted by atomic mass is 10.0. The van der Waals surface area contributed by atoms with Gasteiger partial charge < -0.3 is 20.3 Å². The standard InChI is InChI=1S/C55H107NO5/c1-4-7-10-13-16-19-22-25-27-28-30-33-36-39-42-45-48-55(60)61-51(46-43-40-37-34-31-29-26-23-20-17-14-11-8-5-2)49-54(59)56-52(50-57)53(58)47-44-41-38-35-32-24-21-18-15-12-9-6-3/h27-28,51-53,57-58H,4-26,29-50H2,1-3H3,(H,56,59)/b28-27+. The molecule has 0 saturated heterocycles. The van der Waals surface area contributed by atoms with Crippen molar-refractivity contribution in [2.75, 3.05) is 6.61 Å². The second-order valence-corrected chi connectivity index (χ2v) is 19.0. The Morgan fingerprint density at radius 2 is 0.787 bits per heavy atom. The predicted molar refractivity (Wildman–Crippen MR) is 264 cm³/mol. The summed E-state index contributed by atoms with van der Waals surface area (Å²) in [7, 11) is 0. The lowest BCUT2D eigenvalue weighted by molar-refractivity contribution is -0.151. The van der Waals surface area contributed by atoms with Gasteiger partial charge >= 0.3 is 5.97 Å². The molecule has 61 heavy (non-hydrogen) atoms. The number of esters is 1. The Labute approximate surface area is 380 Å². The Bertz CT molecular complexity index is 924. The van der Waals surface area contributed by atoms with E-state index in [2.05, 4.69) is 38.2 Å². The molecule has 0 rings (SSSR count). The number of allylic oxidation sites excluding steroid dienone is 2. The number of aliphatic hydroxyl groups excluding tert-OH is 2. The molecule has 0 bridgehead atoms. The molecule has 3 atom stereocenters. The third-order valence-corrected chi connectivity index (χ3v) is 12.8. The summed E-state index contributed by atoms with van der Waals surface area (Å²) >= 11 is 0. The van der Waals surface area contributed by atoms with Crippen LogP contribution in [0, 0.1) is 0 Å².